The van der Waals surface area contributed by atoms with Gasteiger partial charge in [0.1, 0.15) is 5.76 Å². The molecule has 0 spiro atoms. The minimum Gasteiger partial charge on any atom is -0.468 e. The summed E-state index contributed by atoms with van der Waals surface area (Å²) in [7, 11) is -3.67. The minimum absolute atomic E-state index is 0.0146. The van der Waals surface area contributed by atoms with E-state index in [1.165, 1.54) is 31.2 Å². The van der Waals surface area contributed by atoms with Crippen LogP contribution < -0.4 is 4.72 Å². The standard InChI is InChI=1S/C21H27N3O4S/c25-21(24-13-3-5-18(24)16-23-11-1-2-12-23)17-7-9-20(10-8-17)29(26,27)22-15-19-6-4-14-28-19/h4,6-10,14,18,22H,1-3,5,11-13,15-16H2. The van der Waals surface area contributed by atoms with Gasteiger partial charge in [0, 0.05) is 24.7 Å². The molecule has 2 saturated heterocycles. The highest BCUT2D eigenvalue weighted by atomic mass is 32.2. The number of rotatable bonds is 7. The Morgan fingerprint density at radius 1 is 1.07 bits per heavy atom. The van der Waals surface area contributed by atoms with Gasteiger partial charge < -0.3 is 14.2 Å². The van der Waals surface area contributed by atoms with Crippen molar-refractivity contribution in [1.29, 1.82) is 0 Å². The van der Waals surface area contributed by atoms with Crippen LogP contribution in [-0.2, 0) is 16.6 Å². The van der Waals surface area contributed by atoms with Crippen molar-refractivity contribution in [1.82, 2.24) is 14.5 Å². The lowest BCUT2D eigenvalue weighted by atomic mass is 10.1. The Labute approximate surface area is 171 Å². The molecule has 1 atom stereocenters. The fraction of sp³-hybridized carbons (Fsp3) is 0.476. The molecule has 1 aromatic heterocycles. The van der Waals surface area contributed by atoms with Crippen LogP contribution in [0, 0.1) is 0 Å². The third-order valence-corrected chi connectivity index (χ3v) is 7.15. The van der Waals surface area contributed by atoms with Crippen LogP contribution in [0.1, 0.15) is 41.8 Å². The molecule has 1 N–H and O–H groups in total. The summed E-state index contributed by atoms with van der Waals surface area (Å²) in [5.41, 5.74) is 0.531. The number of sulfonamides is 1. The van der Waals surface area contributed by atoms with Gasteiger partial charge in [-0.25, -0.2) is 13.1 Å². The van der Waals surface area contributed by atoms with Gasteiger partial charge >= 0.3 is 0 Å². The maximum atomic E-state index is 13.0. The fourth-order valence-electron chi connectivity index (χ4n) is 4.16. The van der Waals surface area contributed by atoms with Crippen LogP contribution in [0.2, 0.25) is 0 Å². The van der Waals surface area contributed by atoms with Gasteiger partial charge in [-0.2, -0.15) is 0 Å². The first-order valence-electron chi connectivity index (χ1n) is 10.2. The Morgan fingerprint density at radius 2 is 1.83 bits per heavy atom. The van der Waals surface area contributed by atoms with Crippen molar-refractivity contribution < 1.29 is 17.6 Å². The van der Waals surface area contributed by atoms with Crippen molar-refractivity contribution in [3.63, 3.8) is 0 Å². The average molecular weight is 418 g/mol. The number of benzene rings is 1. The van der Waals surface area contributed by atoms with Crippen LogP contribution in [0.4, 0.5) is 0 Å². The third-order valence-electron chi connectivity index (χ3n) is 5.73. The summed E-state index contributed by atoms with van der Waals surface area (Å²) in [6, 6.07) is 9.86. The van der Waals surface area contributed by atoms with E-state index in [0.29, 0.717) is 11.3 Å². The molecule has 1 unspecified atom stereocenters. The molecule has 1 amide bonds. The minimum atomic E-state index is -3.67. The number of nitrogens with zero attached hydrogens (tertiary/aromatic N) is 2. The van der Waals surface area contributed by atoms with Crippen molar-refractivity contribution >= 4 is 15.9 Å². The largest absolute Gasteiger partial charge is 0.468 e. The molecular formula is C21H27N3O4S. The third kappa shape index (κ3) is 4.71. The summed E-state index contributed by atoms with van der Waals surface area (Å²) >= 11 is 0. The zero-order chi connectivity index (χ0) is 20.3. The van der Waals surface area contributed by atoms with Gasteiger partial charge in [0.2, 0.25) is 10.0 Å². The molecule has 0 aliphatic carbocycles. The maximum Gasteiger partial charge on any atom is 0.254 e. The van der Waals surface area contributed by atoms with Crippen molar-refractivity contribution in [2.75, 3.05) is 26.2 Å². The Bertz CT molecular complexity index is 919. The Hall–Kier alpha value is -2.16. The molecule has 0 radical (unpaired) electrons. The summed E-state index contributed by atoms with van der Waals surface area (Å²) in [4.78, 5) is 17.5. The maximum absolute atomic E-state index is 13.0. The summed E-state index contributed by atoms with van der Waals surface area (Å²) in [6.07, 6.45) is 6.04. The van der Waals surface area contributed by atoms with Crippen LogP contribution in [0.25, 0.3) is 0 Å². The van der Waals surface area contributed by atoms with E-state index in [1.807, 2.05) is 4.90 Å². The fourth-order valence-corrected chi connectivity index (χ4v) is 5.15. The first-order valence-corrected chi connectivity index (χ1v) is 11.7. The van der Waals surface area contributed by atoms with Gasteiger partial charge in [0.05, 0.1) is 17.7 Å². The molecule has 2 aliphatic heterocycles. The zero-order valence-electron chi connectivity index (χ0n) is 16.4. The van der Waals surface area contributed by atoms with Crippen molar-refractivity contribution in [3.05, 3.63) is 54.0 Å². The predicted octanol–water partition coefficient (Wildman–Crippen LogP) is 2.46. The van der Waals surface area contributed by atoms with Crippen LogP contribution in [0.15, 0.2) is 52.0 Å². The molecule has 29 heavy (non-hydrogen) atoms. The summed E-state index contributed by atoms with van der Waals surface area (Å²) in [5.74, 6) is 0.526. The second-order valence-electron chi connectivity index (χ2n) is 7.73. The molecule has 7 nitrogen and oxygen atoms in total. The molecule has 4 rings (SSSR count). The van der Waals surface area contributed by atoms with E-state index in [2.05, 4.69) is 9.62 Å². The quantitative estimate of drug-likeness (QED) is 0.748. The summed E-state index contributed by atoms with van der Waals surface area (Å²) in [5, 5.41) is 0. The van der Waals surface area contributed by atoms with E-state index < -0.39 is 10.0 Å². The predicted molar refractivity (Wildman–Crippen MR) is 109 cm³/mol. The number of hydrogen-bond donors (Lipinski definition) is 1. The van der Waals surface area contributed by atoms with Gasteiger partial charge in [-0.1, -0.05) is 0 Å². The van der Waals surface area contributed by atoms with E-state index in [9.17, 15) is 13.2 Å². The zero-order valence-corrected chi connectivity index (χ0v) is 17.2. The number of furan rings is 1. The number of amides is 1. The van der Waals surface area contributed by atoms with Gasteiger partial charge in [-0.15, -0.1) is 0 Å². The second-order valence-corrected chi connectivity index (χ2v) is 9.50. The number of likely N-dealkylation sites (tertiary alicyclic amines) is 2. The normalized spacial score (nSPS) is 20.4. The average Bonchev–Trinajstić information content (AvgIpc) is 3.49. The summed E-state index contributed by atoms with van der Waals surface area (Å²) in [6.45, 7) is 4.03. The smallest absolute Gasteiger partial charge is 0.254 e. The van der Waals surface area contributed by atoms with Crippen molar-refractivity contribution in [3.8, 4) is 0 Å². The van der Waals surface area contributed by atoms with E-state index in [0.717, 1.165) is 39.0 Å². The molecule has 0 saturated carbocycles. The molecule has 2 aliphatic rings. The molecule has 2 fully saturated rings. The van der Waals surface area contributed by atoms with E-state index in [-0.39, 0.29) is 23.4 Å². The first kappa shape index (κ1) is 20.1. The van der Waals surface area contributed by atoms with Crippen molar-refractivity contribution in [2.24, 2.45) is 0 Å². The summed E-state index contributed by atoms with van der Waals surface area (Å²) < 4.78 is 32.6. The van der Waals surface area contributed by atoms with Crippen molar-refractivity contribution in [2.45, 2.75) is 43.2 Å². The highest BCUT2D eigenvalue weighted by molar-refractivity contribution is 7.89. The lowest BCUT2D eigenvalue weighted by Crippen LogP contribution is -2.42. The lowest BCUT2D eigenvalue weighted by Gasteiger charge is -2.28. The Kier molecular flexibility index (Phi) is 6.03. The number of nitrogens with one attached hydrogen (secondary N) is 1. The molecule has 156 valence electrons. The van der Waals surface area contributed by atoms with E-state index >= 15 is 0 Å². The van der Waals surface area contributed by atoms with Crippen LogP contribution in [-0.4, -0.2) is 56.3 Å². The first-order chi connectivity index (χ1) is 14.0. The van der Waals surface area contributed by atoms with Gasteiger partial charge in [0.25, 0.3) is 5.91 Å². The van der Waals surface area contributed by atoms with Gasteiger partial charge in [-0.3, -0.25) is 4.79 Å². The molecule has 3 heterocycles. The Balaban J connectivity index is 1.40. The molecule has 2 aromatic rings. The number of hydrogen-bond acceptors (Lipinski definition) is 5. The lowest BCUT2D eigenvalue weighted by molar-refractivity contribution is 0.0708. The van der Waals surface area contributed by atoms with E-state index in [4.69, 9.17) is 4.42 Å². The van der Waals surface area contributed by atoms with Gasteiger partial charge in [0.15, 0.2) is 0 Å². The molecule has 0 bridgehead atoms. The topological polar surface area (TPSA) is 82.9 Å². The van der Waals surface area contributed by atoms with Crippen LogP contribution >= 0.6 is 0 Å². The van der Waals surface area contributed by atoms with Gasteiger partial charge in [-0.05, 0) is 75.2 Å². The number of carbonyl (C=O) groups is 1. The van der Waals surface area contributed by atoms with Crippen LogP contribution in [0.3, 0.4) is 0 Å². The molecule has 1 aromatic carbocycles. The molecule has 8 heteroatoms. The number of carbonyl (C=O) groups excluding carboxylic acids is 1. The second kappa shape index (κ2) is 8.69. The highest BCUT2D eigenvalue weighted by Gasteiger charge is 2.31. The Morgan fingerprint density at radius 3 is 2.52 bits per heavy atom. The van der Waals surface area contributed by atoms with E-state index in [1.54, 1.807) is 24.3 Å². The van der Waals surface area contributed by atoms with Crippen LogP contribution in [0.5, 0.6) is 0 Å². The highest BCUT2D eigenvalue weighted by Crippen LogP contribution is 2.23. The monoisotopic (exact) mass is 417 g/mol. The molecular weight excluding hydrogens is 390 g/mol. The SMILES string of the molecule is O=C(c1ccc(S(=O)(=O)NCc2ccco2)cc1)N1CCCC1CN1CCCC1.